The molecule has 0 amide bonds. The molecule has 0 bridgehead atoms. The summed E-state index contributed by atoms with van der Waals surface area (Å²) in [6, 6.07) is 0. The molecule has 0 fully saturated rings. The van der Waals surface area contributed by atoms with E-state index in [1.165, 1.54) is 18.0 Å². The van der Waals surface area contributed by atoms with Gasteiger partial charge in [0.1, 0.15) is 6.10 Å². The standard InChI is InChI=1S/C11H19N3O4/c1-12-5-4-8(15)10(16)7-6-13-14(2)9(7)11(17)18-3/h6,8,10,12,15-16H,4-5H2,1-3H3. The molecule has 0 aliphatic rings. The molecule has 1 aromatic rings. The van der Waals surface area contributed by atoms with Crippen LogP contribution < -0.4 is 5.32 Å². The third kappa shape index (κ3) is 3.06. The fraction of sp³-hybridized carbons (Fsp3) is 0.636. The number of hydrogen-bond acceptors (Lipinski definition) is 6. The maximum absolute atomic E-state index is 11.6. The minimum absolute atomic E-state index is 0.147. The second-order valence-corrected chi connectivity index (χ2v) is 3.97. The van der Waals surface area contributed by atoms with E-state index in [1.54, 1.807) is 14.1 Å². The van der Waals surface area contributed by atoms with Crippen LogP contribution in [0.3, 0.4) is 0 Å². The Bertz CT molecular complexity index is 405. The number of esters is 1. The second kappa shape index (κ2) is 6.48. The van der Waals surface area contributed by atoms with Gasteiger partial charge in [-0.15, -0.1) is 0 Å². The number of aliphatic hydroxyl groups excluding tert-OH is 2. The Morgan fingerprint density at radius 1 is 1.61 bits per heavy atom. The molecule has 0 aliphatic heterocycles. The van der Waals surface area contributed by atoms with Gasteiger partial charge in [-0.3, -0.25) is 4.68 Å². The smallest absolute Gasteiger partial charge is 0.356 e. The van der Waals surface area contributed by atoms with Crippen molar-refractivity contribution in [3.05, 3.63) is 17.5 Å². The Balaban J connectivity index is 2.92. The lowest BCUT2D eigenvalue weighted by Gasteiger charge is -2.17. The number of ether oxygens (including phenoxy) is 1. The molecule has 3 N–H and O–H groups in total. The summed E-state index contributed by atoms with van der Waals surface area (Å²) in [6.45, 7) is 0.562. The van der Waals surface area contributed by atoms with E-state index < -0.39 is 18.2 Å². The third-order valence-electron chi connectivity index (χ3n) is 2.72. The lowest BCUT2D eigenvalue weighted by atomic mass is 10.0. The summed E-state index contributed by atoms with van der Waals surface area (Å²) in [5.74, 6) is -0.593. The molecular weight excluding hydrogens is 238 g/mol. The minimum Gasteiger partial charge on any atom is -0.464 e. The van der Waals surface area contributed by atoms with Crippen LogP contribution >= 0.6 is 0 Å². The van der Waals surface area contributed by atoms with E-state index in [-0.39, 0.29) is 11.3 Å². The predicted octanol–water partition coefficient (Wildman–Crippen LogP) is -0.789. The number of rotatable bonds is 6. The first-order chi connectivity index (χ1) is 8.52. The zero-order valence-electron chi connectivity index (χ0n) is 10.8. The molecule has 0 aliphatic carbocycles. The number of hydrogen-bond donors (Lipinski definition) is 3. The Morgan fingerprint density at radius 3 is 2.83 bits per heavy atom. The van der Waals surface area contributed by atoms with Crippen molar-refractivity contribution in [2.45, 2.75) is 18.6 Å². The fourth-order valence-electron chi connectivity index (χ4n) is 1.67. The van der Waals surface area contributed by atoms with Gasteiger partial charge in [-0.05, 0) is 20.0 Å². The van der Waals surface area contributed by atoms with Crippen LogP contribution in [-0.2, 0) is 11.8 Å². The summed E-state index contributed by atoms with van der Waals surface area (Å²) < 4.78 is 5.94. The maximum Gasteiger partial charge on any atom is 0.356 e. The van der Waals surface area contributed by atoms with Crippen LogP contribution in [0.5, 0.6) is 0 Å². The first-order valence-electron chi connectivity index (χ1n) is 5.63. The molecule has 102 valence electrons. The molecular formula is C11H19N3O4. The number of nitrogens with zero attached hydrogens (tertiary/aromatic N) is 2. The van der Waals surface area contributed by atoms with Gasteiger partial charge in [0.05, 0.1) is 19.4 Å². The summed E-state index contributed by atoms with van der Waals surface area (Å²) in [7, 11) is 4.58. The Hall–Kier alpha value is -1.44. The fourth-order valence-corrected chi connectivity index (χ4v) is 1.67. The van der Waals surface area contributed by atoms with Crippen LogP contribution in [0.2, 0.25) is 0 Å². The van der Waals surface area contributed by atoms with Gasteiger partial charge in [-0.25, -0.2) is 4.79 Å². The molecule has 1 aromatic heterocycles. The highest BCUT2D eigenvalue weighted by Gasteiger charge is 2.27. The summed E-state index contributed by atoms with van der Waals surface area (Å²) in [5.41, 5.74) is 0.418. The van der Waals surface area contributed by atoms with Crippen molar-refractivity contribution in [3.8, 4) is 0 Å². The molecule has 0 saturated heterocycles. The SMILES string of the molecule is CNCCC(O)C(O)c1cnn(C)c1C(=O)OC. The number of carbonyl (C=O) groups excluding carboxylic acids is 1. The average Bonchev–Trinajstić information content (AvgIpc) is 2.75. The average molecular weight is 257 g/mol. The predicted molar refractivity (Wildman–Crippen MR) is 64.1 cm³/mol. The van der Waals surface area contributed by atoms with E-state index in [2.05, 4.69) is 15.2 Å². The molecule has 2 unspecified atom stereocenters. The minimum atomic E-state index is -1.17. The second-order valence-electron chi connectivity index (χ2n) is 3.97. The highest BCUT2D eigenvalue weighted by Crippen LogP contribution is 2.22. The number of aromatic nitrogens is 2. The zero-order chi connectivity index (χ0) is 13.7. The molecule has 0 radical (unpaired) electrons. The molecule has 18 heavy (non-hydrogen) atoms. The molecule has 2 atom stereocenters. The topological polar surface area (TPSA) is 96.6 Å². The van der Waals surface area contributed by atoms with Gasteiger partial charge >= 0.3 is 5.97 Å². The van der Waals surface area contributed by atoms with Crippen molar-refractivity contribution in [2.24, 2.45) is 7.05 Å². The van der Waals surface area contributed by atoms with E-state index in [0.29, 0.717) is 13.0 Å². The van der Waals surface area contributed by atoms with Crippen molar-refractivity contribution in [1.29, 1.82) is 0 Å². The van der Waals surface area contributed by atoms with Gasteiger partial charge in [0.25, 0.3) is 0 Å². The van der Waals surface area contributed by atoms with E-state index in [4.69, 9.17) is 0 Å². The van der Waals surface area contributed by atoms with Crippen molar-refractivity contribution in [2.75, 3.05) is 20.7 Å². The summed E-state index contributed by atoms with van der Waals surface area (Å²) in [5, 5.41) is 26.6. The van der Waals surface area contributed by atoms with Gasteiger partial charge < -0.3 is 20.3 Å². The van der Waals surface area contributed by atoms with Crippen LogP contribution in [0, 0.1) is 0 Å². The van der Waals surface area contributed by atoms with E-state index in [0.717, 1.165) is 0 Å². The normalized spacial score (nSPS) is 14.3. The van der Waals surface area contributed by atoms with E-state index in [9.17, 15) is 15.0 Å². The number of aliphatic hydroxyl groups is 2. The van der Waals surface area contributed by atoms with Gasteiger partial charge in [-0.2, -0.15) is 5.10 Å². The van der Waals surface area contributed by atoms with Crippen molar-refractivity contribution in [1.82, 2.24) is 15.1 Å². The first kappa shape index (κ1) is 14.6. The molecule has 1 heterocycles. The number of methoxy groups -OCH3 is 1. The van der Waals surface area contributed by atoms with E-state index in [1.807, 2.05) is 0 Å². The Labute approximate surface area is 105 Å². The molecule has 0 aromatic carbocycles. The lowest BCUT2D eigenvalue weighted by Crippen LogP contribution is -2.25. The van der Waals surface area contributed by atoms with Crippen molar-refractivity contribution >= 4 is 5.97 Å². The lowest BCUT2D eigenvalue weighted by molar-refractivity contribution is 0.0127. The zero-order valence-corrected chi connectivity index (χ0v) is 10.8. The van der Waals surface area contributed by atoms with Crippen molar-refractivity contribution < 1.29 is 19.7 Å². The molecule has 1 rings (SSSR count). The molecule has 0 saturated carbocycles. The van der Waals surface area contributed by atoms with Gasteiger partial charge in [0.2, 0.25) is 0 Å². The number of nitrogens with one attached hydrogen (secondary N) is 1. The number of carbonyl (C=O) groups is 1. The monoisotopic (exact) mass is 257 g/mol. The highest BCUT2D eigenvalue weighted by molar-refractivity contribution is 5.89. The van der Waals surface area contributed by atoms with Crippen LogP contribution in [-0.4, -0.2) is 52.8 Å². The largest absolute Gasteiger partial charge is 0.464 e. The number of aryl methyl sites for hydroxylation is 1. The van der Waals surface area contributed by atoms with Gasteiger partial charge in [0.15, 0.2) is 5.69 Å². The molecule has 7 heteroatoms. The van der Waals surface area contributed by atoms with Gasteiger partial charge in [0, 0.05) is 12.6 Å². The molecule has 0 spiro atoms. The van der Waals surface area contributed by atoms with Crippen LogP contribution in [0.15, 0.2) is 6.20 Å². The van der Waals surface area contributed by atoms with Crippen LogP contribution in [0.25, 0.3) is 0 Å². The Morgan fingerprint density at radius 2 is 2.28 bits per heavy atom. The summed E-state index contributed by atoms with van der Waals surface area (Å²) >= 11 is 0. The molecule has 7 nitrogen and oxygen atoms in total. The summed E-state index contributed by atoms with van der Waals surface area (Å²) in [6.07, 6.45) is -0.404. The highest BCUT2D eigenvalue weighted by atomic mass is 16.5. The van der Waals surface area contributed by atoms with Crippen LogP contribution in [0.1, 0.15) is 28.6 Å². The van der Waals surface area contributed by atoms with Crippen molar-refractivity contribution in [3.63, 3.8) is 0 Å². The quantitative estimate of drug-likeness (QED) is 0.578. The first-order valence-corrected chi connectivity index (χ1v) is 5.63. The van der Waals surface area contributed by atoms with E-state index >= 15 is 0 Å². The third-order valence-corrected chi connectivity index (χ3v) is 2.72. The van der Waals surface area contributed by atoms with Gasteiger partial charge in [-0.1, -0.05) is 0 Å². The maximum atomic E-state index is 11.6. The Kier molecular flexibility index (Phi) is 5.26. The summed E-state index contributed by atoms with van der Waals surface area (Å²) in [4.78, 5) is 11.6. The van der Waals surface area contributed by atoms with Crippen LogP contribution in [0.4, 0.5) is 0 Å².